The van der Waals surface area contributed by atoms with Crippen molar-refractivity contribution < 1.29 is 0 Å². The van der Waals surface area contributed by atoms with Crippen molar-refractivity contribution >= 4 is 16.6 Å². The first kappa shape index (κ1) is 12.7. The number of anilines is 1. The van der Waals surface area contributed by atoms with E-state index in [-0.39, 0.29) is 17.0 Å². The topological polar surface area (TPSA) is 44.9 Å². The van der Waals surface area contributed by atoms with E-state index in [1.807, 2.05) is 30.3 Å². The molecule has 0 fully saturated rings. The molecular weight excluding hydrogens is 224 g/mol. The molecule has 2 N–H and O–H groups in total. The van der Waals surface area contributed by atoms with Gasteiger partial charge in [-0.15, -0.1) is 0 Å². The molecule has 2 rings (SSSR count). The number of aromatic nitrogens is 1. The van der Waals surface area contributed by atoms with Crippen LogP contribution < -0.4 is 10.9 Å². The fourth-order valence-corrected chi connectivity index (χ4v) is 1.74. The molecule has 3 nitrogen and oxygen atoms in total. The van der Waals surface area contributed by atoms with Gasteiger partial charge in [-0.05, 0) is 29.9 Å². The van der Waals surface area contributed by atoms with Crippen molar-refractivity contribution in [3.05, 3.63) is 40.7 Å². The minimum Gasteiger partial charge on any atom is -0.369 e. The third-order valence-corrected chi connectivity index (χ3v) is 3.42. The van der Waals surface area contributed by atoms with Gasteiger partial charge in [0.25, 0.3) is 5.56 Å². The second kappa shape index (κ2) is 4.48. The maximum absolute atomic E-state index is 11.9. The highest BCUT2D eigenvalue weighted by Gasteiger charge is 2.19. The van der Waals surface area contributed by atoms with Crippen LogP contribution in [0.5, 0.6) is 0 Å². The monoisotopic (exact) mass is 244 g/mol. The Labute approximate surface area is 107 Å². The third kappa shape index (κ3) is 2.55. The van der Waals surface area contributed by atoms with Crippen LogP contribution in [-0.2, 0) is 0 Å². The Balaban J connectivity index is 2.39. The summed E-state index contributed by atoms with van der Waals surface area (Å²) in [7, 11) is 0. The van der Waals surface area contributed by atoms with Gasteiger partial charge >= 0.3 is 0 Å². The van der Waals surface area contributed by atoms with Crippen LogP contribution >= 0.6 is 0 Å². The molecule has 1 aromatic heterocycles. The molecule has 3 heteroatoms. The van der Waals surface area contributed by atoms with E-state index in [9.17, 15) is 4.79 Å². The summed E-state index contributed by atoms with van der Waals surface area (Å²) in [4.78, 5) is 14.8. The molecule has 18 heavy (non-hydrogen) atoms. The standard InChI is InChI=1S/C15H20N2O/c1-10(15(2,3)4)16-13-9-11-7-5-6-8-12(11)14(18)17-13/h5-10H,1-4H3,(H2,16,17,18). The summed E-state index contributed by atoms with van der Waals surface area (Å²) in [6.45, 7) is 8.63. The van der Waals surface area contributed by atoms with Crippen molar-refractivity contribution in [1.29, 1.82) is 0 Å². The highest BCUT2D eigenvalue weighted by molar-refractivity contribution is 5.83. The molecule has 0 radical (unpaired) electrons. The van der Waals surface area contributed by atoms with Crippen molar-refractivity contribution in [1.82, 2.24) is 4.98 Å². The van der Waals surface area contributed by atoms with Crippen LogP contribution in [0.3, 0.4) is 0 Å². The average Bonchev–Trinajstić information content (AvgIpc) is 2.27. The Morgan fingerprint density at radius 2 is 1.89 bits per heavy atom. The molecule has 96 valence electrons. The number of benzene rings is 1. The molecule has 0 saturated heterocycles. The van der Waals surface area contributed by atoms with Crippen LogP contribution in [0.25, 0.3) is 10.8 Å². The van der Waals surface area contributed by atoms with E-state index in [1.54, 1.807) is 0 Å². The molecule has 1 aromatic carbocycles. The predicted molar refractivity (Wildman–Crippen MR) is 77.1 cm³/mol. The normalized spacial score (nSPS) is 13.6. The smallest absolute Gasteiger partial charge is 0.257 e. The number of nitrogens with one attached hydrogen (secondary N) is 2. The number of hydrogen-bond acceptors (Lipinski definition) is 2. The van der Waals surface area contributed by atoms with Crippen molar-refractivity contribution in [2.24, 2.45) is 5.41 Å². The van der Waals surface area contributed by atoms with Crippen LogP contribution in [0.4, 0.5) is 5.82 Å². The van der Waals surface area contributed by atoms with Gasteiger partial charge in [-0.3, -0.25) is 4.79 Å². The molecule has 0 aliphatic rings. The zero-order valence-electron chi connectivity index (χ0n) is 11.4. The summed E-state index contributed by atoms with van der Waals surface area (Å²) in [5.41, 5.74) is 0.0967. The number of rotatable bonds is 2. The number of H-pyrrole nitrogens is 1. The predicted octanol–water partition coefficient (Wildman–Crippen LogP) is 3.37. The summed E-state index contributed by atoms with van der Waals surface area (Å²) >= 11 is 0. The van der Waals surface area contributed by atoms with E-state index in [0.29, 0.717) is 0 Å². The zero-order chi connectivity index (χ0) is 13.3. The number of aromatic amines is 1. The van der Waals surface area contributed by atoms with Gasteiger partial charge in [-0.25, -0.2) is 0 Å². The maximum Gasteiger partial charge on any atom is 0.257 e. The Morgan fingerprint density at radius 1 is 1.22 bits per heavy atom. The molecule has 2 aromatic rings. The number of hydrogen-bond donors (Lipinski definition) is 2. The third-order valence-electron chi connectivity index (χ3n) is 3.42. The molecule has 1 unspecified atom stereocenters. The Bertz CT molecular complexity index is 608. The average molecular weight is 244 g/mol. The van der Waals surface area contributed by atoms with E-state index in [1.165, 1.54) is 0 Å². The van der Waals surface area contributed by atoms with Crippen LogP contribution in [0.2, 0.25) is 0 Å². The van der Waals surface area contributed by atoms with Crippen molar-refractivity contribution in [2.45, 2.75) is 33.7 Å². The molecular formula is C15H20N2O. The lowest BCUT2D eigenvalue weighted by molar-refractivity contribution is 0.359. The minimum absolute atomic E-state index is 0.0447. The van der Waals surface area contributed by atoms with Crippen LogP contribution in [-0.4, -0.2) is 11.0 Å². The first-order valence-electron chi connectivity index (χ1n) is 6.26. The van der Waals surface area contributed by atoms with E-state index in [4.69, 9.17) is 0 Å². The van der Waals surface area contributed by atoms with Gasteiger partial charge in [-0.1, -0.05) is 39.0 Å². The zero-order valence-corrected chi connectivity index (χ0v) is 11.4. The summed E-state index contributed by atoms with van der Waals surface area (Å²) < 4.78 is 0. The summed E-state index contributed by atoms with van der Waals surface area (Å²) in [5.74, 6) is 0.779. The summed E-state index contributed by atoms with van der Waals surface area (Å²) in [6.07, 6.45) is 0. The molecule has 1 heterocycles. The Morgan fingerprint density at radius 3 is 2.56 bits per heavy atom. The molecule has 0 aliphatic heterocycles. The highest BCUT2D eigenvalue weighted by Crippen LogP contribution is 2.22. The van der Waals surface area contributed by atoms with Gasteiger partial charge in [-0.2, -0.15) is 0 Å². The van der Waals surface area contributed by atoms with Crippen LogP contribution in [0.1, 0.15) is 27.7 Å². The summed E-state index contributed by atoms with van der Waals surface area (Å²) in [5, 5.41) is 5.05. The van der Waals surface area contributed by atoms with Gasteiger partial charge in [0.05, 0.1) is 0 Å². The number of pyridine rings is 1. The fraction of sp³-hybridized carbons (Fsp3) is 0.400. The van der Waals surface area contributed by atoms with Crippen molar-refractivity contribution in [3.63, 3.8) is 0 Å². The lowest BCUT2D eigenvalue weighted by atomic mass is 9.88. The molecule has 0 amide bonds. The lowest BCUT2D eigenvalue weighted by Gasteiger charge is -2.28. The van der Waals surface area contributed by atoms with E-state index in [2.05, 4.69) is 38.0 Å². The molecule has 0 saturated carbocycles. The van der Waals surface area contributed by atoms with E-state index < -0.39 is 0 Å². The minimum atomic E-state index is -0.0447. The van der Waals surface area contributed by atoms with E-state index >= 15 is 0 Å². The van der Waals surface area contributed by atoms with Crippen LogP contribution in [0, 0.1) is 5.41 Å². The highest BCUT2D eigenvalue weighted by atomic mass is 16.1. The molecule has 0 bridgehead atoms. The van der Waals surface area contributed by atoms with Gasteiger partial charge in [0.15, 0.2) is 0 Å². The second-order valence-corrected chi connectivity index (χ2v) is 5.83. The molecule has 0 aliphatic carbocycles. The lowest BCUT2D eigenvalue weighted by Crippen LogP contribution is -2.31. The maximum atomic E-state index is 11.9. The van der Waals surface area contributed by atoms with Gasteiger partial charge in [0, 0.05) is 11.4 Å². The molecule has 1 atom stereocenters. The number of fused-ring (bicyclic) bond motifs is 1. The van der Waals surface area contributed by atoms with Gasteiger partial charge in [0.1, 0.15) is 5.82 Å². The summed E-state index contributed by atoms with van der Waals surface area (Å²) in [6, 6.07) is 9.87. The fourth-order valence-electron chi connectivity index (χ4n) is 1.74. The van der Waals surface area contributed by atoms with Crippen LogP contribution in [0.15, 0.2) is 35.1 Å². The molecule has 0 spiro atoms. The second-order valence-electron chi connectivity index (χ2n) is 5.83. The first-order chi connectivity index (χ1) is 8.38. The Kier molecular flexibility index (Phi) is 3.16. The van der Waals surface area contributed by atoms with Gasteiger partial charge < -0.3 is 10.3 Å². The Hall–Kier alpha value is -1.77. The van der Waals surface area contributed by atoms with Crippen molar-refractivity contribution in [3.8, 4) is 0 Å². The van der Waals surface area contributed by atoms with Crippen molar-refractivity contribution in [2.75, 3.05) is 5.32 Å². The quantitative estimate of drug-likeness (QED) is 0.850. The SMILES string of the molecule is CC(Nc1cc2ccccc2c(=O)[nH]1)C(C)(C)C. The largest absolute Gasteiger partial charge is 0.369 e. The van der Waals surface area contributed by atoms with E-state index in [0.717, 1.165) is 16.6 Å². The first-order valence-corrected chi connectivity index (χ1v) is 6.26. The van der Waals surface area contributed by atoms with Gasteiger partial charge in [0.2, 0.25) is 0 Å².